The number of benzene rings is 1. The van der Waals surface area contributed by atoms with Crippen molar-refractivity contribution in [1.82, 2.24) is 5.32 Å². The Morgan fingerprint density at radius 2 is 2.11 bits per heavy atom. The van der Waals surface area contributed by atoms with Gasteiger partial charge in [0.1, 0.15) is 0 Å². The van der Waals surface area contributed by atoms with Gasteiger partial charge in [0.05, 0.1) is 17.3 Å². The molecule has 100 valence electrons. The van der Waals surface area contributed by atoms with E-state index < -0.39 is 0 Å². The Balaban J connectivity index is 2.53. The van der Waals surface area contributed by atoms with Crippen LogP contribution >= 0.6 is 27.5 Å². The normalized spacial score (nSPS) is 11.2. The molecular weight excluding hydrogens is 316 g/mol. The van der Waals surface area contributed by atoms with Crippen molar-refractivity contribution in [2.45, 2.75) is 32.7 Å². The SMILES string of the molecule is CCC(C)(C)NC(=O)CNc1ccc(Br)cc1Cl. The number of carbonyl (C=O) groups excluding carboxylic acids is 1. The minimum absolute atomic E-state index is 0.0409. The van der Waals surface area contributed by atoms with Crippen molar-refractivity contribution in [1.29, 1.82) is 0 Å². The Morgan fingerprint density at radius 1 is 1.44 bits per heavy atom. The van der Waals surface area contributed by atoms with Gasteiger partial charge in [0.25, 0.3) is 0 Å². The van der Waals surface area contributed by atoms with Crippen LogP contribution in [0.15, 0.2) is 22.7 Å². The van der Waals surface area contributed by atoms with E-state index in [0.29, 0.717) is 5.02 Å². The number of anilines is 1. The van der Waals surface area contributed by atoms with Gasteiger partial charge in [-0.2, -0.15) is 0 Å². The third-order valence-electron chi connectivity index (χ3n) is 2.73. The van der Waals surface area contributed by atoms with Crippen molar-refractivity contribution < 1.29 is 4.79 Å². The van der Waals surface area contributed by atoms with Crippen LogP contribution in [0.1, 0.15) is 27.2 Å². The van der Waals surface area contributed by atoms with Crippen LogP contribution in [-0.4, -0.2) is 18.0 Å². The van der Waals surface area contributed by atoms with Gasteiger partial charge >= 0.3 is 0 Å². The second kappa shape index (κ2) is 6.43. The molecule has 0 heterocycles. The van der Waals surface area contributed by atoms with Crippen LogP contribution < -0.4 is 10.6 Å². The summed E-state index contributed by atoms with van der Waals surface area (Å²) < 4.78 is 0.912. The topological polar surface area (TPSA) is 41.1 Å². The van der Waals surface area contributed by atoms with Crippen LogP contribution in [0.2, 0.25) is 5.02 Å². The number of nitrogens with one attached hydrogen (secondary N) is 2. The summed E-state index contributed by atoms with van der Waals surface area (Å²) in [5.74, 6) is -0.0409. The fourth-order valence-corrected chi connectivity index (χ4v) is 2.06. The average molecular weight is 334 g/mol. The highest BCUT2D eigenvalue weighted by atomic mass is 79.9. The molecule has 5 heteroatoms. The summed E-state index contributed by atoms with van der Waals surface area (Å²) in [4.78, 5) is 11.7. The van der Waals surface area contributed by atoms with Gasteiger partial charge in [-0.1, -0.05) is 34.5 Å². The maximum absolute atomic E-state index is 11.7. The van der Waals surface area contributed by atoms with Crippen LogP contribution in [0.4, 0.5) is 5.69 Å². The first kappa shape index (κ1) is 15.3. The van der Waals surface area contributed by atoms with Gasteiger partial charge in [-0.3, -0.25) is 4.79 Å². The summed E-state index contributed by atoms with van der Waals surface area (Å²) in [6, 6.07) is 5.50. The van der Waals surface area contributed by atoms with E-state index in [1.807, 2.05) is 32.9 Å². The first-order chi connectivity index (χ1) is 8.34. The summed E-state index contributed by atoms with van der Waals surface area (Å²) in [6.07, 6.45) is 0.887. The second-order valence-corrected chi connectivity index (χ2v) is 6.09. The predicted octanol–water partition coefficient (Wildman–Crippen LogP) is 3.82. The van der Waals surface area contributed by atoms with Gasteiger partial charge < -0.3 is 10.6 Å². The number of hydrogen-bond donors (Lipinski definition) is 2. The summed E-state index contributed by atoms with van der Waals surface area (Å²) >= 11 is 9.38. The lowest BCUT2D eigenvalue weighted by Crippen LogP contribution is -2.45. The molecule has 1 aromatic rings. The minimum atomic E-state index is -0.178. The largest absolute Gasteiger partial charge is 0.375 e. The van der Waals surface area contributed by atoms with E-state index in [1.165, 1.54) is 0 Å². The maximum Gasteiger partial charge on any atom is 0.239 e. The van der Waals surface area contributed by atoms with Gasteiger partial charge in [0.15, 0.2) is 0 Å². The molecule has 1 rings (SSSR count). The fraction of sp³-hybridized carbons (Fsp3) is 0.462. The van der Waals surface area contributed by atoms with Crippen molar-refractivity contribution in [3.05, 3.63) is 27.7 Å². The first-order valence-corrected chi connectivity index (χ1v) is 7.01. The molecule has 0 aromatic heterocycles. The molecule has 0 bridgehead atoms. The summed E-state index contributed by atoms with van der Waals surface area (Å²) in [5, 5.41) is 6.56. The minimum Gasteiger partial charge on any atom is -0.375 e. The molecule has 0 aliphatic heterocycles. The third kappa shape index (κ3) is 4.86. The van der Waals surface area contributed by atoms with Gasteiger partial charge in [-0.15, -0.1) is 0 Å². The smallest absolute Gasteiger partial charge is 0.239 e. The zero-order valence-electron chi connectivity index (χ0n) is 10.8. The summed E-state index contributed by atoms with van der Waals surface area (Å²) in [6.45, 7) is 6.25. The Labute approximate surface area is 121 Å². The number of amides is 1. The molecule has 0 aliphatic rings. The monoisotopic (exact) mass is 332 g/mol. The zero-order valence-corrected chi connectivity index (χ0v) is 13.2. The molecule has 0 unspecified atom stereocenters. The Hall–Kier alpha value is -0.740. The molecule has 3 nitrogen and oxygen atoms in total. The third-order valence-corrected chi connectivity index (χ3v) is 3.54. The predicted molar refractivity (Wildman–Crippen MR) is 80.2 cm³/mol. The van der Waals surface area contributed by atoms with Crippen molar-refractivity contribution in [2.75, 3.05) is 11.9 Å². The van der Waals surface area contributed by atoms with Crippen LogP contribution in [0, 0.1) is 0 Å². The quantitative estimate of drug-likeness (QED) is 0.860. The van der Waals surface area contributed by atoms with Crippen molar-refractivity contribution in [3.8, 4) is 0 Å². The van der Waals surface area contributed by atoms with E-state index in [2.05, 4.69) is 26.6 Å². The van der Waals surface area contributed by atoms with E-state index in [9.17, 15) is 4.79 Å². The van der Waals surface area contributed by atoms with Crippen molar-refractivity contribution >= 4 is 39.1 Å². The highest BCUT2D eigenvalue weighted by molar-refractivity contribution is 9.10. The number of hydrogen-bond acceptors (Lipinski definition) is 2. The van der Waals surface area contributed by atoms with E-state index in [-0.39, 0.29) is 18.0 Å². The lowest BCUT2D eigenvalue weighted by Gasteiger charge is -2.24. The molecule has 1 amide bonds. The Morgan fingerprint density at radius 3 is 2.67 bits per heavy atom. The molecule has 1 aromatic carbocycles. The molecule has 0 saturated heterocycles. The standard InChI is InChI=1S/C13H18BrClN2O/c1-4-13(2,3)17-12(18)8-16-11-6-5-9(14)7-10(11)15/h5-7,16H,4,8H2,1-3H3,(H,17,18). The van der Waals surface area contributed by atoms with Crippen molar-refractivity contribution in [3.63, 3.8) is 0 Å². The summed E-state index contributed by atoms with van der Waals surface area (Å²) in [5.41, 5.74) is 0.576. The van der Waals surface area contributed by atoms with Crippen LogP contribution in [0.25, 0.3) is 0 Å². The van der Waals surface area contributed by atoms with Crippen LogP contribution in [0.5, 0.6) is 0 Å². The Kier molecular flexibility index (Phi) is 5.47. The van der Waals surface area contributed by atoms with Crippen LogP contribution in [0.3, 0.4) is 0 Å². The number of rotatable bonds is 5. The molecule has 0 aliphatic carbocycles. The van der Waals surface area contributed by atoms with Crippen molar-refractivity contribution in [2.24, 2.45) is 0 Å². The zero-order chi connectivity index (χ0) is 13.8. The fourth-order valence-electron chi connectivity index (χ4n) is 1.32. The first-order valence-electron chi connectivity index (χ1n) is 5.84. The molecule has 2 N–H and O–H groups in total. The van der Waals surface area contributed by atoms with Gasteiger partial charge in [0.2, 0.25) is 5.91 Å². The average Bonchev–Trinajstić information content (AvgIpc) is 2.27. The highest BCUT2D eigenvalue weighted by Crippen LogP contribution is 2.25. The van der Waals surface area contributed by atoms with E-state index >= 15 is 0 Å². The molecular formula is C13H18BrClN2O. The molecule has 0 spiro atoms. The van der Waals surface area contributed by atoms with Gasteiger partial charge in [-0.25, -0.2) is 0 Å². The van der Waals surface area contributed by atoms with E-state index in [1.54, 1.807) is 6.07 Å². The van der Waals surface area contributed by atoms with Gasteiger partial charge in [-0.05, 0) is 38.5 Å². The molecule has 18 heavy (non-hydrogen) atoms. The van der Waals surface area contributed by atoms with E-state index in [4.69, 9.17) is 11.6 Å². The summed E-state index contributed by atoms with van der Waals surface area (Å²) in [7, 11) is 0. The molecule has 0 fully saturated rings. The number of halogens is 2. The second-order valence-electron chi connectivity index (χ2n) is 4.76. The molecule has 0 atom stereocenters. The lowest BCUT2D eigenvalue weighted by molar-refractivity contribution is -0.121. The van der Waals surface area contributed by atoms with E-state index in [0.717, 1.165) is 16.6 Å². The lowest BCUT2D eigenvalue weighted by atomic mass is 10.0. The molecule has 0 radical (unpaired) electrons. The van der Waals surface area contributed by atoms with Gasteiger partial charge in [0, 0.05) is 10.0 Å². The maximum atomic E-state index is 11.7. The Bertz CT molecular complexity index is 435. The number of carbonyl (C=O) groups is 1. The molecule has 0 saturated carbocycles. The highest BCUT2D eigenvalue weighted by Gasteiger charge is 2.17. The van der Waals surface area contributed by atoms with Crippen LogP contribution in [-0.2, 0) is 4.79 Å².